The summed E-state index contributed by atoms with van der Waals surface area (Å²) in [6, 6.07) is 7.25. The van der Waals surface area contributed by atoms with Gasteiger partial charge in [-0.05, 0) is 37.8 Å². The molecule has 2 N–H and O–H groups in total. The fourth-order valence-corrected chi connectivity index (χ4v) is 2.90. The Balaban J connectivity index is 1.89. The van der Waals surface area contributed by atoms with Crippen molar-refractivity contribution in [3.05, 3.63) is 35.6 Å². The first-order chi connectivity index (χ1) is 9.16. The molecule has 0 radical (unpaired) electrons. The van der Waals surface area contributed by atoms with Crippen LogP contribution in [0.15, 0.2) is 24.3 Å². The molecule has 0 bridgehead atoms. The second-order valence-corrected chi connectivity index (χ2v) is 5.68. The fourth-order valence-electron chi connectivity index (χ4n) is 2.90. The van der Waals surface area contributed by atoms with Gasteiger partial charge < -0.3 is 10.4 Å². The highest BCUT2D eigenvalue weighted by Crippen LogP contribution is 2.19. The van der Waals surface area contributed by atoms with E-state index in [0.29, 0.717) is 6.42 Å². The van der Waals surface area contributed by atoms with Crippen LogP contribution in [0.1, 0.15) is 44.6 Å². The molecule has 0 aromatic heterocycles. The summed E-state index contributed by atoms with van der Waals surface area (Å²) in [4.78, 5) is 0. The van der Waals surface area contributed by atoms with Crippen LogP contribution in [0.5, 0.6) is 0 Å². The Hall–Kier alpha value is -0.930. The molecule has 1 aliphatic rings. The molecule has 3 heteroatoms. The lowest BCUT2D eigenvalue weighted by atomic mass is 10.0. The Morgan fingerprint density at radius 2 is 2.00 bits per heavy atom. The van der Waals surface area contributed by atoms with E-state index in [2.05, 4.69) is 12.2 Å². The van der Waals surface area contributed by atoms with E-state index in [0.717, 1.165) is 24.8 Å². The van der Waals surface area contributed by atoms with E-state index in [4.69, 9.17) is 0 Å². The number of hydrogen-bond donors (Lipinski definition) is 2. The molecule has 19 heavy (non-hydrogen) atoms. The van der Waals surface area contributed by atoms with Gasteiger partial charge in [-0.3, -0.25) is 0 Å². The van der Waals surface area contributed by atoms with Crippen LogP contribution in [0, 0.1) is 5.82 Å². The van der Waals surface area contributed by atoms with Gasteiger partial charge >= 0.3 is 0 Å². The average Bonchev–Trinajstić information content (AvgIpc) is 2.58. The third-order valence-corrected chi connectivity index (χ3v) is 3.96. The van der Waals surface area contributed by atoms with Gasteiger partial charge in [0.2, 0.25) is 0 Å². The number of benzene rings is 1. The molecule has 2 nitrogen and oxygen atoms in total. The van der Waals surface area contributed by atoms with Crippen LogP contribution in [0.4, 0.5) is 4.39 Å². The summed E-state index contributed by atoms with van der Waals surface area (Å²) >= 11 is 0. The SMILES string of the molecule is CC(Cc1ccccc1F)NC1CCCCCC1O. The minimum absolute atomic E-state index is 0.141. The first-order valence-electron chi connectivity index (χ1n) is 7.34. The predicted octanol–water partition coefficient (Wildman–Crippen LogP) is 3.04. The normalized spacial score (nSPS) is 25.8. The van der Waals surface area contributed by atoms with Crippen LogP contribution in [0.2, 0.25) is 0 Å². The highest BCUT2D eigenvalue weighted by Gasteiger charge is 2.22. The summed E-state index contributed by atoms with van der Waals surface area (Å²) in [6.07, 6.45) is 5.78. The summed E-state index contributed by atoms with van der Waals surface area (Å²) in [5.74, 6) is -0.141. The van der Waals surface area contributed by atoms with Crippen molar-refractivity contribution in [1.29, 1.82) is 0 Å². The number of nitrogens with one attached hydrogen (secondary N) is 1. The van der Waals surface area contributed by atoms with Crippen LogP contribution in [-0.4, -0.2) is 23.3 Å². The van der Waals surface area contributed by atoms with E-state index < -0.39 is 0 Å². The molecule has 3 atom stereocenters. The monoisotopic (exact) mass is 265 g/mol. The molecular weight excluding hydrogens is 241 g/mol. The molecule has 1 aromatic rings. The van der Waals surface area contributed by atoms with Gasteiger partial charge in [-0.1, -0.05) is 37.5 Å². The molecule has 0 amide bonds. The van der Waals surface area contributed by atoms with Crippen LogP contribution in [-0.2, 0) is 6.42 Å². The van der Waals surface area contributed by atoms with E-state index in [1.54, 1.807) is 6.07 Å². The predicted molar refractivity (Wildman–Crippen MR) is 75.6 cm³/mol. The Morgan fingerprint density at radius 1 is 1.26 bits per heavy atom. The van der Waals surface area contributed by atoms with Crippen LogP contribution in [0.3, 0.4) is 0 Å². The Bertz CT molecular complexity index is 396. The van der Waals surface area contributed by atoms with E-state index in [9.17, 15) is 9.50 Å². The molecule has 1 saturated carbocycles. The van der Waals surface area contributed by atoms with Gasteiger partial charge in [-0.15, -0.1) is 0 Å². The first kappa shape index (κ1) is 14.5. The van der Waals surface area contributed by atoms with Gasteiger partial charge in [0, 0.05) is 12.1 Å². The molecule has 1 fully saturated rings. The summed E-state index contributed by atoms with van der Waals surface area (Å²) in [6.45, 7) is 2.06. The van der Waals surface area contributed by atoms with Gasteiger partial charge in [0.25, 0.3) is 0 Å². The summed E-state index contributed by atoms with van der Waals surface area (Å²) in [5.41, 5.74) is 0.741. The zero-order valence-corrected chi connectivity index (χ0v) is 11.6. The third kappa shape index (κ3) is 4.29. The minimum atomic E-state index is -0.259. The van der Waals surface area contributed by atoms with Gasteiger partial charge in [-0.2, -0.15) is 0 Å². The van der Waals surface area contributed by atoms with E-state index >= 15 is 0 Å². The van der Waals surface area contributed by atoms with Crippen molar-refractivity contribution < 1.29 is 9.50 Å². The topological polar surface area (TPSA) is 32.3 Å². The average molecular weight is 265 g/mol. The van der Waals surface area contributed by atoms with Gasteiger partial charge in [0.15, 0.2) is 0 Å². The minimum Gasteiger partial charge on any atom is -0.392 e. The summed E-state index contributed by atoms with van der Waals surface area (Å²) in [5, 5.41) is 13.5. The molecule has 1 aromatic carbocycles. The molecule has 0 spiro atoms. The standard InChI is InChI=1S/C16H24FNO/c1-12(11-13-7-5-6-8-14(13)17)18-15-9-3-2-4-10-16(15)19/h5-8,12,15-16,18-19H,2-4,9-11H2,1H3. The van der Waals surface area contributed by atoms with E-state index in [1.807, 2.05) is 12.1 Å². The molecule has 1 aliphatic carbocycles. The maximum atomic E-state index is 13.6. The summed E-state index contributed by atoms with van der Waals surface area (Å²) in [7, 11) is 0. The quantitative estimate of drug-likeness (QED) is 0.820. The van der Waals surface area contributed by atoms with Crippen molar-refractivity contribution in [2.75, 3.05) is 0 Å². The Kier molecular flexibility index (Phi) is 5.34. The van der Waals surface area contributed by atoms with Gasteiger partial charge in [0.1, 0.15) is 5.82 Å². The van der Waals surface area contributed by atoms with Crippen molar-refractivity contribution in [2.24, 2.45) is 0 Å². The third-order valence-electron chi connectivity index (χ3n) is 3.96. The number of hydrogen-bond acceptors (Lipinski definition) is 2. The maximum Gasteiger partial charge on any atom is 0.126 e. The molecule has 106 valence electrons. The van der Waals surface area contributed by atoms with Crippen molar-refractivity contribution in [1.82, 2.24) is 5.32 Å². The van der Waals surface area contributed by atoms with Gasteiger partial charge in [0.05, 0.1) is 6.10 Å². The number of aliphatic hydroxyl groups excluding tert-OH is 1. The second kappa shape index (κ2) is 7.01. The van der Waals surface area contributed by atoms with Crippen molar-refractivity contribution in [2.45, 2.75) is 63.6 Å². The van der Waals surface area contributed by atoms with Crippen molar-refractivity contribution in [3.8, 4) is 0 Å². The van der Waals surface area contributed by atoms with Crippen LogP contribution in [0.25, 0.3) is 0 Å². The zero-order valence-electron chi connectivity index (χ0n) is 11.6. The number of aliphatic hydroxyl groups is 1. The van der Waals surface area contributed by atoms with Crippen LogP contribution >= 0.6 is 0 Å². The lowest BCUT2D eigenvalue weighted by Gasteiger charge is -2.26. The zero-order chi connectivity index (χ0) is 13.7. The lowest BCUT2D eigenvalue weighted by molar-refractivity contribution is 0.114. The number of halogens is 1. The Labute approximate surface area is 115 Å². The maximum absolute atomic E-state index is 13.6. The van der Waals surface area contributed by atoms with E-state index in [-0.39, 0.29) is 24.0 Å². The molecular formula is C16H24FNO. The van der Waals surface area contributed by atoms with Crippen LogP contribution < -0.4 is 5.32 Å². The smallest absolute Gasteiger partial charge is 0.126 e. The largest absolute Gasteiger partial charge is 0.392 e. The highest BCUT2D eigenvalue weighted by molar-refractivity contribution is 5.18. The molecule has 0 saturated heterocycles. The molecule has 0 aliphatic heterocycles. The molecule has 3 unspecified atom stereocenters. The number of rotatable bonds is 4. The first-order valence-corrected chi connectivity index (χ1v) is 7.34. The van der Waals surface area contributed by atoms with Crippen molar-refractivity contribution >= 4 is 0 Å². The van der Waals surface area contributed by atoms with Crippen molar-refractivity contribution in [3.63, 3.8) is 0 Å². The van der Waals surface area contributed by atoms with E-state index in [1.165, 1.54) is 18.9 Å². The lowest BCUT2D eigenvalue weighted by Crippen LogP contribution is -2.44. The summed E-state index contributed by atoms with van der Waals surface area (Å²) < 4.78 is 13.6. The second-order valence-electron chi connectivity index (χ2n) is 5.68. The fraction of sp³-hybridized carbons (Fsp3) is 0.625. The van der Waals surface area contributed by atoms with Gasteiger partial charge in [-0.25, -0.2) is 4.39 Å². The Morgan fingerprint density at radius 3 is 2.79 bits per heavy atom. The molecule has 0 heterocycles. The highest BCUT2D eigenvalue weighted by atomic mass is 19.1. The molecule has 2 rings (SSSR count).